The highest BCUT2D eigenvalue weighted by molar-refractivity contribution is 5.83. The van der Waals surface area contributed by atoms with Crippen molar-refractivity contribution in [2.45, 2.75) is 76.4 Å². The Kier molecular flexibility index (Phi) is 6.43. The summed E-state index contributed by atoms with van der Waals surface area (Å²) in [6.07, 6.45) is 7.22. The van der Waals surface area contributed by atoms with Gasteiger partial charge in [0.05, 0.1) is 0 Å². The molecule has 2 N–H and O–H groups in total. The molecule has 5 rings (SSSR count). The van der Waals surface area contributed by atoms with Crippen molar-refractivity contribution < 1.29 is 4.74 Å². The lowest BCUT2D eigenvalue weighted by atomic mass is 9.73. The zero-order chi connectivity index (χ0) is 24.6. The molecule has 0 unspecified atom stereocenters. The van der Waals surface area contributed by atoms with E-state index in [2.05, 4.69) is 104 Å². The summed E-state index contributed by atoms with van der Waals surface area (Å²) >= 11 is 0. The van der Waals surface area contributed by atoms with Gasteiger partial charge in [0.2, 0.25) is 0 Å². The van der Waals surface area contributed by atoms with Crippen LogP contribution in [0.5, 0.6) is 0 Å². The number of nitrogens with one attached hydrogen (secondary N) is 2. The molecule has 4 heteroatoms. The molecule has 1 fully saturated rings. The number of likely N-dealkylation sites (tertiary alicyclic amines) is 1. The molecule has 2 atom stereocenters. The van der Waals surface area contributed by atoms with Crippen LogP contribution in [0.1, 0.15) is 69.6 Å². The van der Waals surface area contributed by atoms with Gasteiger partial charge in [-0.25, -0.2) is 0 Å². The van der Waals surface area contributed by atoms with Crippen molar-refractivity contribution in [1.82, 2.24) is 15.2 Å². The highest BCUT2D eigenvalue weighted by Crippen LogP contribution is 2.46. The molecule has 1 saturated heterocycles. The number of nitrogens with zero attached hydrogens (tertiary/aromatic N) is 1. The van der Waals surface area contributed by atoms with Gasteiger partial charge in [-0.3, -0.25) is 0 Å². The second-order valence-electron chi connectivity index (χ2n) is 11.7. The molecular formula is C31H41N3O. The SMILES string of the molecule is C=C(N[C@@H](CN1CCC2(CCc3ccccc32)CC1)[C@H](C)c1c[nH]c2ccccc12)OC(C)(C)C. The van der Waals surface area contributed by atoms with Crippen LogP contribution in [0, 0.1) is 0 Å². The average molecular weight is 472 g/mol. The highest BCUT2D eigenvalue weighted by atomic mass is 16.5. The lowest BCUT2D eigenvalue weighted by molar-refractivity contribution is 0.0346. The number of hydrogen-bond acceptors (Lipinski definition) is 3. The quantitative estimate of drug-likeness (QED) is 0.387. The summed E-state index contributed by atoms with van der Waals surface area (Å²) in [4.78, 5) is 6.12. The number of piperidine rings is 1. The van der Waals surface area contributed by atoms with Gasteiger partial charge in [-0.1, -0.05) is 49.4 Å². The van der Waals surface area contributed by atoms with E-state index in [1.165, 1.54) is 42.1 Å². The average Bonchev–Trinajstić information content (AvgIpc) is 3.41. The van der Waals surface area contributed by atoms with E-state index < -0.39 is 0 Å². The standard InChI is InChI=1S/C31H41N3O/c1-22(26-20-32-28-13-9-7-11-25(26)28)29(33-23(2)35-30(3,4)5)21-34-18-16-31(17-19-34)15-14-24-10-6-8-12-27(24)31/h6-13,20,22,29,32-33H,2,14-19,21H2,1,3-5H3/t22-,29+/m1/s1. The number of hydrogen-bond donors (Lipinski definition) is 2. The van der Waals surface area contributed by atoms with Crippen molar-refractivity contribution in [3.63, 3.8) is 0 Å². The van der Waals surface area contributed by atoms with Crippen LogP contribution in [0.4, 0.5) is 0 Å². The van der Waals surface area contributed by atoms with Gasteiger partial charge in [0.25, 0.3) is 0 Å². The first-order chi connectivity index (χ1) is 16.7. The fourth-order valence-corrected chi connectivity index (χ4v) is 6.35. The van der Waals surface area contributed by atoms with Crippen LogP contribution in [-0.2, 0) is 16.6 Å². The van der Waals surface area contributed by atoms with Gasteiger partial charge in [0.1, 0.15) is 5.60 Å². The molecule has 2 aliphatic rings. The van der Waals surface area contributed by atoms with E-state index in [1.807, 2.05) is 0 Å². The maximum Gasteiger partial charge on any atom is 0.180 e. The smallest absolute Gasteiger partial charge is 0.180 e. The molecule has 1 aliphatic carbocycles. The molecule has 2 aromatic carbocycles. The summed E-state index contributed by atoms with van der Waals surface area (Å²) in [5.74, 6) is 0.960. The number of aromatic nitrogens is 1. The van der Waals surface area contributed by atoms with Gasteiger partial charge < -0.3 is 19.9 Å². The van der Waals surface area contributed by atoms with Crippen LogP contribution in [-0.4, -0.2) is 41.2 Å². The largest absolute Gasteiger partial charge is 0.474 e. The minimum Gasteiger partial charge on any atom is -0.474 e. The Bertz CT molecular complexity index is 1180. The number of para-hydroxylation sites is 1. The maximum absolute atomic E-state index is 6.10. The Balaban J connectivity index is 1.32. The summed E-state index contributed by atoms with van der Waals surface area (Å²) in [5.41, 5.74) is 5.85. The van der Waals surface area contributed by atoms with Crippen molar-refractivity contribution in [1.29, 1.82) is 0 Å². The number of aromatic amines is 1. The third-order valence-electron chi connectivity index (χ3n) is 8.22. The fourth-order valence-electron chi connectivity index (χ4n) is 6.35. The maximum atomic E-state index is 6.10. The van der Waals surface area contributed by atoms with E-state index in [4.69, 9.17) is 4.74 Å². The molecule has 4 nitrogen and oxygen atoms in total. The molecule has 0 bridgehead atoms. The lowest BCUT2D eigenvalue weighted by Gasteiger charge is -2.42. The molecule has 1 aromatic heterocycles. The van der Waals surface area contributed by atoms with E-state index in [1.54, 1.807) is 11.1 Å². The van der Waals surface area contributed by atoms with Crippen LogP contribution >= 0.6 is 0 Å². The number of aryl methyl sites for hydroxylation is 1. The molecule has 0 radical (unpaired) electrons. The Hall–Kier alpha value is -2.72. The van der Waals surface area contributed by atoms with Gasteiger partial charge >= 0.3 is 0 Å². The van der Waals surface area contributed by atoms with Gasteiger partial charge in [-0.2, -0.15) is 0 Å². The first kappa shape index (κ1) is 24.0. The summed E-state index contributed by atoms with van der Waals surface area (Å²) in [6, 6.07) is 17.9. The van der Waals surface area contributed by atoms with Crippen molar-refractivity contribution in [3.8, 4) is 0 Å². The van der Waals surface area contributed by atoms with Crippen LogP contribution in [0.15, 0.2) is 67.2 Å². The fraction of sp³-hybridized carbons (Fsp3) is 0.484. The predicted molar refractivity (Wildman–Crippen MR) is 146 cm³/mol. The van der Waals surface area contributed by atoms with Gasteiger partial charge in [-0.05, 0) is 94.3 Å². The minimum atomic E-state index is -0.272. The lowest BCUT2D eigenvalue weighted by Crippen LogP contribution is -2.49. The number of ether oxygens (including phenoxy) is 1. The van der Waals surface area contributed by atoms with Crippen LogP contribution in [0.3, 0.4) is 0 Å². The summed E-state index contributed by atoms with van der Waals surface area (Å²) < 4.78 is 6.10. The Morgan fingerprint density at radius 1 is 1.09 bits per heavy atom. The van der Waals surface area contributed by atoms with E-state index in [0.717, 1.165) is 19.6 Å². The molecule has 1 aliphatic heterocycles. The number of benzene rings is 2. The number of fused-ring (bicyclic) bond motifs is 3. The first-order valence-corrected chi connectivity index (χ1v) is 13.3. The van der Waals surface area contributed by atoms with Crippen LogP contribution in [0.25, 0.3) is 10.9 Å². The summed E-state index contributed by atoms with van der Waals surface area (Å²) in [6.45, 7) is 16.0. The van der Waals surface area contributed by atoms with Crippen molar-refractivity contribution in [2.75, 3.05) is 19.6 Å². The first-order valence-electron chi connectivity index (χ1n) is 13.3. The number of H-pyrrole nitrogens is 1. The second kappa shape index (κ2) is 9.39. The molecule has 2 heterocycles. The Labute approximate surface area is 210 Å². The molecule has 3 aromatic rings. The molecule has 0 saturated carbocycles. The van der Waals surface area contributed by atoms with E-state index >= 15 is 0 Å². The zero-order valence-electron chi connectivity index (χ0n) is 21.9. The van der Waals surface area contributed by atoms with Crippen molar-refractivity contribution in [3.05, 3.63) is 83.9 Å². The number of rotatable bonds is 7. The van der Waals surface area contributed by atoms with E-state index in [0.29, 0.717) is 17.2 Å². The summed E-state index contributed by atoms with van der Waals surface area (Å²) in [5, 5.41) is 4.98. The topological polar surface area (TPSA) is 40.3 Å². The van der Waals surface area contributed by atoms with Gasteiger partial charge in [0.15, 0.2) is 5.88 Å². The van der Waals surface area contributed by atoms with Crippen molar-refractivity contribution in [2.24, 2.45) is 0 Å². The zero-order valence-corrected chi connectivity index (χ0v) is 21.9. The molecule has 186 valence electrons. The minimum absolute atomic E-state index is 0.203. The summed E-state index contributed by atoms with van der Waals surface area (Å²) in [7, 11) is 0. The Morgan fingerprint density at radius 3 is 2.57 bits per heavy atom. The third kappa shape index (κ3) is 4.99. The Morgan fingerprint density at radius 2 is 1.80 bits per heavy atom. The van der Waals surface area contributed by atoms with Crippen LogP contribution in [0.2, 0.25) is 0 Å². The normalized spacial score (nSPS) is 19.4. The van der Waals surface area contributed by atoms with Crippen molar-refractivity contribution >= 4 is 10.9 Å². The third-order valence-corrected chi connectivity index (χ3v) is 8.22. The molecule has 1 spiro atoms. The van der Waals surface area contributed by atoms with Crippen LogP contribution < -0.4 is 5.32 Å². The monoisotopic (exact) mass is 471 g/mol. The van der Waals surface area contributed by atoms with E-state index in [9.17, 15) is 0 Å². The van der Waals surface area contributed by atoms with E-state index in [-0.39, 0.29) is 11.6 Å². The highest BCUT2D eigenvalue weighted by Gasteiger charge is 2.41. The predicted octanol–water partition coefficient (Wildman–Crippen LogP) is 6.50. The molecular weight excluding hydrogens is 430 g/mol. The molecule has 35 heavy (non-hydrogen) atoms. The van der Waals surface area contributed by atoms with Gasteiger partial charge in [0, 0.05) is 35.6 Å². The molecule has 0 amide bonds. The van der Waals surface area contributed by atoms with Gasteiger partial charge in [-0.15, -0.1) is 0 Å². The second-order valence-corrected chi connectivity index (χ2v) is 11.7.